The van der Waals surface area contributed by atoms with Gasteiger partial charge in [-0.3, -0.25) is 9.78 Å². The predicted octanol–water partition coefficient (Wildman–Crippen LogP) is 4.49. The largest absolute Gasteiger partial charge is 0.383 e. The van der Waals surface area contributed by atoms with Crippen LogP contribution in [0, 0.1) is 6.92 Å². The lowest BCUT2D eigenvalue weighted by atomic mass is 9.97. The lowest BCUT2D eigenvalue weighted by Gasteiger charge is -2.14. The molecule has 3 aromatic rings. The van der Waals surface area contributed by atoms with E-state index in [-0.39, 0.29) is 5.78 Å². The molecule has 2 aromatic heterocycles. The van der Waals surface area contributed by atoms with Gasteiger partial charge in [0, 0.05) is 47.6 Å². The van der Waals surface area contributed by atoms with Gasteiger partial charge in [-0.25, -0.2) is 4.98 Å². The lowest BCUT2D eigenvalue weighted by molar-refractivity contribution is 0.105. The molecule has 0 aliphatic carbocycles. The van der Waals surface area contributed by atoms with Crippen LogP contribution in [0.15, 0.2) is 59.3 Å². The minimum Gasteiger partial charge on any atom is -0.383 e. The first-order chi connectivity index (χ1) is 12.0. The number of carbonyl (C=O) groups is 1. The molecule has 0 radical (unpaired) electrons. The molecule has 0 atom stereocenters. The summed E-state index contributed by atoms with van der Waals surface area (Å²) in [6.07, 6.45) is 3.56. The molecular formula is C20H18BrN3O. The molecule has 0 fully saturated rings. The fourth-order valence-corrected chi connectivity index (χ4v) is 3.02. The average molecular weight is 396 g/mol. The van der Waals surface area contributed by atoms with Crippen LogP contribution in [-0.2, 0) is 0 Å². The van der Waals surface area contributed by atoms with Gasteiger partial charge in [-0.05, 0) is 42.8 Å². The molecule has 126 valence electrons. The second-order valence-electron chi connectivity index (χ2n) is 6.02. The molecule has 0 amide bonds. The van der Waals surface area contributed by atoms with Crippen LogP contribution in [0.2, 0.25) is 0 Å². The number of aromatic nitrogens is 2. The summed E-state index contributed by atoms with van der Waals surface area (Å²) in [6.45, 7) is 1.88. The first-order valence-corrected chi connectivity index (χ1v) is 8.66. The van der Waals surface area contributed by atoms with Gasteiger partial charge in [-0.2, -0.15) is 0 Å². The van der Waals surface area contributed by atoms with E-state index >= 15 is 0 Å². The molecule has 0 N–H and O–H groups in total. The van der Waals surface area contributed by atoms with E-state index in [2.05, 4.69) is 25.9 Å². The summed E-state index contributed by atoms with van der Waals surface area (Å²) in [4.78, 5) is 23.8. The zero-order valence-electron chi connectivity index (χ0n) is 14.3. The maximum atomic E-state index is 13.2. The summed E-state index contributed by atoms with van der Waals surface area (Å²) in [5.74, 6) is -0.104. The fraction of sp³-hybridized carbons (Fsp3) is 0.150. The Kier molecular flexibility index (Phi) is 4.95. The SMILES string of the molecule is Cc1cccc(C(=O)/C(=C\N(C)C)c2ccnc3cc(Br)ccc23)n1. The van der Waals surface area contributed by atoms with Crippen molar-refractivity contribution in [3.05, 3.63) is 76.3 Å². The number of carbonyl (C=O) groups excluding carboxylic acids is 1. The van der Waals surface area contributed by atoms with E-state index in [1.54, 1.807) is 12.3 Å². The minimum atomic E-state index is -0.104. The topological polar surface area (TPSA) is 46.1 Å². The molecule has 0 saturated heterocycles. The molecule has 0 spiro atoms. The molecule has 0 bridgehead atoms. The van der Waals surface area contributed by atoms with E-state index in [1.165, 1.54) is 0 Å². The molecule has 0 aliphatic rings. The number of hydrogen-bond acceptors (Lipinski definition) is 4. The van der Waals surface area contributed by atoms with Gasteiger partial charge in [0.15, 0.2) is 0 Å². The Morgan fingerprint density at radius 2 is 1.96 bits per heavy atom. The van der Waals surface area contributed by atoms with E-state index in [9.17, 15) is 4.79 Å². The van der Waals surface area contributed by atoms with Crippen molar-refractivity contribution in [1.82, 2.24) is 14.9 Å². The summed E-state index contributed by atoms with van der Waals surface area (Å²) >= 11 is 3.47. The van der Waals surface area contributed by atoms with Crippen molar-refractivity contribution in [1.29, 1.82) is 0 Å². The van der Waals surface area contributed by atoms with Gasteiger partial charge in [0.2, 0.25) is 5.78 Å². The Morgan fingerprint density at radius 3 is 2.68 bits per heavy atom. The Hall–Kier alpha value is -2.53. The lowest BCUT2D eigenvalue weighted by Crippen LogP contribution is -2.11. The number of halogens is 1. The first-order valence-electron chi connectivity index (χ1n) is 7.87. The third-order valence-electron chi connectivity index (χ3n) is 3.75. The Labute approximate surface area is 155 Å². The molecule has 2 heterocycles. The van der Waals surface area contributed by atoms with Crippen LogP contribution in [0.1, 0.15) is 21.7 Å². The number of rotatable bonds is 4. The summed E-state index contributed by atoms with van der Waals surface area (Å²) in [5.41, 5.74) is 3.53. The van der Waals surface area contributed by atoms with Crippen molar-refractivity contribution in [2.75, 3.05) is 14.1 Å². The normalized spacial score (nSPS) is 11.6. The highest BCUT2D eigenvalue weighted by atomic mass is 79.9. The van der Waals surface area contributed by atoms with Crippen LogP contribution in [0.4, 0.5) is 0 Å². The van der Waals surface area contributed by atoms with Crippen LogP contribution in [0.25, 0.3) is 16.5 Å². The number of pyridine rings is 2. The van der Waals surface area contributed by atoms with Gasteiger partial charge in [0.1, 0.15) is 5.69 Å². The number of nitrogens with zero attached hydrogens (tertiary/aromatic N) is 3. The van der Waals surface area contributed by atoms with Gasteiger partial charge in [0.05, 0.1) is 5.52 Å². The number of ketones is 1. The highest BCUT2D eigenvalue weighted by Gasteiger charge is 2.19. The van der Waals surface area contributed by atoms with Gasteiger partial charge in [0.25, 0.3) is 0 Å². The summed E-state index contributed by atoms with van der Waals surface area (Å²) in [7, 11) is 3.80. The van der Waals surface area contributed by atoms with Crippen molar-refractivity contribution in [2.24, 2.45) is 0 Å². The maximum absolute atomic E-state index is 13.2. The van der Waals surface area contributed by atoms with Crippen LogP contribution in [0.5, 0.6) is 0 Å². The summed E-state index contributed by atoms with van der Waals surface area (Å²) in [6, 6.07) is 13.2. The predicted molar refractivity (Wildman–Crippen MR) is 104 cm³/mol. The third-order valence-corrected chi connectivity index (χ3v) is 4.24. The van der Waals surface area contributed by atoms with Crippen LogP contribution in [0.3, 0.4) is 0 Å². The van der Waals surface area contributed by atoms with Crippen LogP contribution < -0.4 is 0 Å². The number of benzene rings is 1. The van der Waals surface area contributed by atoms with Crippen molar-refractivity contribution >= 4 is 38.2 Å². The Morgan fingerprint density at radius 1 is 1.16 bits per heavy atom. The first kappa shape index (κ1) is 17.3. The highest BCUT2D eigenvalue weighted by molar-refractivity contribution is 9.10. The number of allylic oxidation sites excluding steroid dienone is 1. The monoisotopic (exact) mass is 395 g/mol. The molecule has 0 unspecified atom stereocenters. The second-order valence-corrected chi connectivity index (χ2v) is 6.94. The number of fused-ring (bicyclic) bond motifs is 1. The zero-order chi connectivity index (χ0) is 18.0. The molecular weight excluding hydrogens is 378 g/mol. The van der Waals surface area contributed by atoms with Crippen molar-refractivity contribution in [3.8, 4) is 0 Å². The molecule has 3 rings (SSSR count). The van der Waals surface area contributed by atoms with Crippen molar-refractivity contribution in [2.45, 2.75) is 6.92 Å². The zero-order valence-corrected chi connectivity index (χ0v) is 15.9. The minimum absolute atomic E-state index is 0.104. The average Bonchev–Trinajstić information content (AvgIpc) is 2.58. The Bertz CT molecular complexity index is 980. The molecule has 5 heteroatoms. The summed E-state index contributed by atoms with van der Waals surface area (Å²) in [5, 5.41) is 0.930. The highest BCUT2D eigenvalue weighted by Crippen LogP contribution is 2.28. The van der Waals surface area contributed by atoms with E-state index in [0.29, 0.717) is 11.3 Å². The smallest absolute Gasteiger partial charge is 0.213 e. The van der Waals surface area contributed by atoms with Gasteiger partial charge >= 0.3 is 0 Å². The number of aryl methyl sites for hydroxylation is 1. The van der Waals surface area contributed by atoms with Gasteiger partial charge in [-0.1, -0.05) is 28.1 Å². The molecule has 25 heavy (non-hydrogen) atoms. The Balaban J connectivity index is 2.20. The standard InChI is InChI=1S/C20H18BrN3O/c1-13-5-4-6-18(23-13)20(25)17(12-24(2)3)15-9-10-22-19-11-14(21)7-8-16(15)19/h4-12H,1-3H3/b17-12-. The van der Waals surface area contributed by atoms with Crippen molar-refractivity contribution in [3.63, 3.8) is 0 Å². The van der Waals surface area contributed by atoms with E-state index in [1.807, 2.05) is 68.5 Å². The van der Waals surface area contributed by atoms with E-state index in [4.69, 9.17) is 0 Å². The van der Waals surface area contributed by atoms with E-state index < -0.39 is 0 Å². The molecule has 0 aliphatic heterocycles. The van der Waals surface area contributed by atoms with E-state index in [0.717, 1.165) is 26.6 Å². The molecule has 0 saturated carbocycles. The number of hydrogen-bond donors (Lipinski definition) is 0. The second kappa shape index (κ2) is 7.15. The van der Waals surface area contributed by atoms with Gasteiger partial charge in [-0.15, -0.1) is 0 Å². The number of Topliss-reactive ketones (excluding diaryl/α,β-unsaturated/α-hetero) is 1. The quantitative estimate of drug-likeness (QED) is 0.482. The van der Waals surface area contributed by atoms with Crippen LogP contribution in [-0.4, -0.2) is 34.7 Å². The molecule has 4 nitrogen and oxygen atoms in total. The summed E-state index contributed by atoms with van der Waals surface area (Å²) < 4.78 is 0.953. The fourth-order valence-electron chi connectivity index (χ4n) is 2.67. The molecule has 1 aromatic carbocycles. The third kappa shape index (κ3) is 3.77. The van der Waals surface area contributed by atoms with Crippen LogP contribution >= 0.6 is 15.9 Å². The van der Waals surface area contributed by atoms with Gasteiger partial charge < -0.3 is 4.90 Å². The maximum Gasteiger partial charge on any atom is 0.213 e. The van der Waals surface area contributed by atoms with Crippen molar-refractivity contribution < 1.29 is 4.79 Å².